The van der Waals surface area contributed by atoms with Crippen LogP contribution in [0.5, 0.6) is 0 Å². The molecule has 0 aromatic rings. The Hall–Kier alpha value is -1.70. The number of aliphatic hydroxyl groups is 11. The number of aliphatic carboxylic acids is 1. The van der Waals surface area contributed by atoms with Crippen LogP contribution in [-0.4, -0.2) is 198 Å². The van der Waals surface area contributed by atoms with Gasteiger partial charge in [0.15, 0.2) is 19.0 Å². The summed E-state index contributed by atoms with van der Waals surface area (Å²) in [6, 6.07) is -1.47. The highest BCUT2D eigenvalue weighted by Gasteiger charge is 2.60. The minimum Gasteiger partial charge on any atom is -0.487 e. The van der Waals surface area contributed by atoms with Gasteiger partial charge in [0.25, 0.3) is 5.79 Å². The van der Waals surface area contributed by atoms with Gasteiger partial charge in [0.2, 0.25) is 0 Å². The zero-order valence-electron chi connectivity index (χ0n) is 22.7. The molecule has 3 rings (SSSR count). The van der Waals surface area contributed by atoms with E-state index in [1.165, 1.54) is 7.11 Å². The molecule has 0 saturated carbocycles. The van der Waals surface area contributed by atoms with Crippen LogP contribution in [-0.2, 0) is 33.2 Å². The third-order valence-electron chi connectivity index (χ3n) is 7.40. The quantitative estimate of drug-likeness (QED) is 0.0701. The lowest BCUT2D eigenvalue weighted by Crippen LogP contribution is -2.69. The molecular formula is C23H39NO19. The molecule has 0 spiro atoms. The fourth-order valence-corrected chi connectivity index (χ4v) is 5.05. The molecule has 0 bridgehead atoms. The molecule has 250 valence electrons. The van der Waals surface area contributed by atoms with E-state index in [0.29, 0.717) is 0 Å². The number of aliphatic hydroxyl groups excluding tert-OH is 11. The lowest BCUT2D eigenvalue weighted by Gasteiger charge is -2.50. The van der Waals surface area contributed by atoms with Crippen LogP contribution in [0.1, 0.15) is 6.42 Å². The smallest absolute Gasteiger partial charge is 0.364 e. The number of ether oxygens (including phenoxy) is 6. The Labute approximate surface area is 243 Å². The summed E-state index contributed by atoms with van der Waals surface area (Å²) in [5, 5.41) is 122. The number of hydrogen-bond donors (Lipinski definition) is 12. The van der Waals surface area contributed by atoms with Crippen molar-refractivity contribution in [3.05, 3.63) is 0 Å². The van der Waals surface area contributed by atoms with Crippen LogP contribution in [0.4, 0.5) is 0 Å². The van der Waals surface area contributed by atoms with Crippen molar-refractivity contribution in [3.8, 4) is 0 Å². The maximum absolute atomic E-state index is 12.6. The van der Waals surface area contributed by atoms with E-state index in [0.717, 1.165) is 6.40 Å². The van der Waals surface area contributed by atoms with E-state index in [4.69, 9.17) is 28.4 Å². The Morgan fingerprint density at radius 3 is 2.16 bits per heavy atom. The van der Waals surface area contributed by atoms with E-state index in [2.05, 4.69) is 4.99 Å². The first-order valence-electron chi connectivity index (χ1n) is 13.1. The van der Waals surface area contributed by atoms with E-state index < -0.39 is 130 Å². The van der Waals surface area contributed by atoms with Gasteiger partial charge in [-0.1, -0.05) is 0 Å². The molecule has 0 radical (unpaired) electrons. The minimum absolute atomic E-state index is 0.843. The van der Waals surface area contributed by atoms with E-state index >= 15 is 0 Å². The van der Waals surface area contributed by atoms with Crippen molar-refractivity contribution < 1.29 is 94.5 Å². The molecule has 3 fully saturated rings. The van der Waals surface area contributed by atoms with Gasteiger partial charge in [-0.05, 0) is 0 Å². The molecule has 20 nitrogen and oxygen atoms in total. The lowest BCUT2D eigenvalue weighted by molar-refractivity contribution is -0.384. The zero-order valence-corrected chi connectivity index (χ0v) is 22.7. The highest BCUT2D eigenvalue weighted by molar-refractivity contribution is 5.76. The second-order valence-corrected chi connectivity index (χ2v) is 10.3. The van der Waals surface area contributed by atoms with Crippen molar-refractivity contribution in [1.29, 1.82) is 0 Å². The number of methoxy groups -OCH3 is 1. The van der Waals surface area contributed by atoms with E-state index in [1.807, 2.05) is 0 Å². The number of carboxylic acid groups (broad SMARTS) is 1. The SMILES string of the molecule is COC=NC1C(O)CC(OC2C(O)C(CO)OC(OC3C(CO)OC(O)C(O)C3O)C2O)(C(=O)O)OC1C(O)C(O)CO. The minimum atomic E-state index is -2.98. The fourth-order valence-electron chi connectivity index (χ4n) is 5.05. The maximum Gasteiger partial charge on any atom is 0.364 e. The summed E-state index contributed by atoms with van der Waals surface area (Å²) in [6.07, 6.45) is -26.5. The van der Waals surface area contributed by atoms with Crippen LogP contribution in [0.15, 0.2) is 4.99 Å². The highest BCUT2D eigenvalue weighted by Crippen LogP contribution is 2.39. The maximum atomic E-state index is 12.6. The Kier molecular flexibility index (Phi) is 12.5. The molecule has 3 heterocycles. The van der Waals surface area contributed by atoms with Gasteiger partial charge in [-0.15, -0.1) is 0 Å². The van der Waals surface area contributed by atoms with Gasteiger partial charge in [-0.25, -0.2) is 9.79 Å². The van der Waals surface area contributed by atoms with Crippen molar-refractivity contribution in [3.63, 3.8) is 0 Å². The van der Waals surface area contributed by atoms with Crippen molar-refractivity contribution >= 4 is 12.4 Å². The first-order chi connectivity index (χ1) is 20.3. The standard InChI is InChI=1S/C23H39NO19/c1-38-6-24-11-7(28)2-23(22(36)37,42-18(11)12(30)8(29)3-25)43-19-13(31)9(4-26)40-21(16(19)34)41-17-10(5-27)39-20(35)15(33)14(17)32/h6-21,25-35H,2-5H2,1H3,(H,36,37). The number of aliphatic imine (C=N–C) groups is 1. The molecule has 16 atom stereocenters. The zero-order chi connectivity index (χ0) is 32.2. The summed E-state index contributed by atoms with van der Waals surface area (Å²) in [5.41, 5.74) is 0. The Morgan fingerprint density at radius 1 is 0.953 bits per heavy atom. The molecule has 43 heavy (non-hydrogen) atoms. The predicted molar refractivity (Wildman–Crippen MR) is 132 cm³/mol. The van der Waals surface area contributed by atoms with Gasteiger partial charge in [0, 0.05) is 6.42 Å². The normalized spacial score (nSPS) is 45.5. The summed E-state index contributed by atoms with van der Waals surface area (Å²) >= 11 is 0. The average Bonchev–Trinajstić information content (AvgIpc) is 2.98. The Balaban J connectivity index is 1.94. The first-order valence-corrected chi connectivity index (χ1v) is 13.1. The molecule has 0 aliphatic carbocycles. The van der Waals surface area contributed by atoms with Crippen LogP contribution >= 0.6 is 0 Å². The molecule has 12 N–H and O–H groups in total. The topological polar surface area (TPSA) is 328 Å². The van der Waals surface area contributed by atoms with Gasteiger partial charge in [-0.2, -0.15) is 0 Å². The van der Waals surface area contributed by atoms with Gasteiger partial charge in [-0.3, -0.25) is 0 Å². The predicted octanol–water partition coefficient (Wildman–Crippen LogP) is -7.68. The van der Waals surface area contributed by atoms with Crippen molar-refractivity contribution in [2.75, 3.05) is 26.9 Å². The number of hydrogen-bond acceptors (Lipinski definition) is 19. The van der Waals surface area contributed by atoms with Gasteiger partial charge < -0.3 is 89.7 Å². The summed E-state index contributed by atoms with van der Waals surface area (Å²) in [4.78, 5) is 16.4. The van der Waals surface area contributed by atoms with Crippen LogP contribution in [0.25, 0.3) is 0 Å². The molecule has 0 amide bonds. The number of rotatable bonds is 12. The van der Waals surface area contributed by atoms with Crippen molar-refractivity contribution in [2.24, 2.45) is 4.99 Å². The van der Waals surface area contributed by atoms with Crippen molar-refractivity contribution in [2.45, 2.75) is 104 Å². The second kappa shape index (κ2) is 15.1. The number of carbonyl (C=O) groups is 1. The Morgan fingerprint density at radius 2 is 1.60 bits per heavy atom. The highest BCUT2D eigenvalue weighted by atomic mass is 16.8. The molecule has 3 aliphatic heterocycles. The second-order valence-electron chi connectivity index (χ2n) is 10.3. The first kappa shape index (κ1) is 35.8. The molecular weight excluding hydrogens is 594 g/mol. The summed E-state index contributed by atoms with van der Waals surface area (Å²) in [6.45, 7) is -2.82. The van der Waals surface area contributed by atoms with E-state index in [9.17, 15) is 66.1 Å². The third kappa shape index (κ3) is 7.41. The van der Waals surface area contributed by atoms with Gasteiger partial charge in [0.05, 0.1) is 33.0 Å². The summed E-state index contributed by atoms with van der Waals surface area (Å²) in [7, 11) is 1.20. The largest absolute Gasteiger partial charge is 0.487 e. The van der Waals surface area contributed by atoms with E-state index in [1.54, 1.807) is 0 Å². The average molecular weight is 634 g/mol. The number of nitrogens with zero attached hydrogens (tertiary/aromatic N) is 1. The van der Waals surface area contributed by atoms with Crippen LogP contribution < -0.4 is 0 Å². The van der Waals surface area contributed by atoms with Crippen LogP contribution in [0, 0.1) is 0 Å². The molecule has 0 aromatic heterocycles. The van der Waals surface area contributed by atoms with Gasteiger partial charge in [0.1, 0.15) is 73.2 Å². The molecule has 3 saturated heterocycles. The monoisotopic (exact) mass is 633 g/mol. The molecule has 20 heteroatoms. The van der Waals surface area contributed by atoms with E-state index in [-0.39, 0.29) is 0 Å². The summed E-state index contributed by atoms with van der Waals surface area (Å²) < 4.78 is 31.7. The third-order valence-corrected chi connectivity index (χ3v) is 7.40. The number of carboxylic acids is 1. The molecule has 0 aromatic carbocycles. The van der Waals surface area contributed by atoms with Crippen molar-refractivity contribution in [1.82, 2.24) is 0 Å². The lowest BCUT2D eigenvalue weighted by atomic mass is 9.88. The molecule has 16 unspecified atom stereocenters. The fraction of sp³-hybridized carbons (Fsp3) is 0.913. The Bertz CT molecular complexity index is 927. The van der Waals surface area contributed by atoms with Crippen LogP contribution in [0.3, 0.4) is 0 Å². The molecule has 3 aliphatic rings. The van der Waals surface area contributed by atoms with Crippen LogP contribution in [0.2, 0.25) is 0 Å². The summed E-state index contributed by atoms with van der Waals surface area (Å²) in [5.74, 6) is -4.91. The van der Waals surface area contributed by atoms with Gasteiger partial charge >= 0.3 is 5.97 Å².